The predicted octanol–water partition coefficient (Wildman–Crippen LogP) is 3.59. The zero-order chi connectivity index (χ0) is 16.0. The second-order valence-electron chi connectivity index (χ2n) is 4.68. The molecule has 2 unspecified atom stereocenters. The minimum Gasteiger partial charge on any atom is -0.480 e. The van der Waals surface area contributed by atoms with Crippen LogP contribution in [0.4, 0.5) is 5.69 Å². The number of amides is 1. The molecule has 5 nitrogen and oxygen atoms in total. The number of hydrogen-bond acceptors (Lipinski definition) is 3. The Balaban J connectivity index is 0.00000441. The van der Waals surface area contributed by atoms with Crippen LogP contribution >= 0.6 is 35.6 Å². The SMILES string of the molecule is CCCC(NC(C)C(=O)Nc1ccc(Cl)cc1Cl)C(=O)O.Cl. The Labute approximate surface area is 145 Å². The summed E-state index contributed by atoms with van der Waals surface area (Å²) in [4.78, 5) is 23.1. The first-order valence-electron chi connectivity index (χ1n) is 6.60. The average molecular weight is 370 g/mol. The van der Waals surface area contributed by atoms with Crippen LogP contribution in [0.3, 0.4) is 0 Å². The Hall–Kier alpha value is -1.01. The van der Waals surface area contributed by atoms with Crippen LogP contribution in [-0.2, 0) is 9.59 Å². The molecule has 1 aromatic carbocycles. The molecule has 8 heteroatoms. The summed E-state index contributed by atoms with van der Waals surface area (Å²) >= 11 is 11.8. The second-order valence-corrected chi connectivity index (χ2v) is 5.52. The molecule has 0 aliphatic carbocycles. The van der Waals surface area contributed by atoms with Crippen LogP contribution in [0.2, 0.25) is 10.0 Å². The maximum Gasteiger partial charge on any atom is 0.320 e. The van der Waals surface area contributed by atoms with Gasteiger partial charge in [-0.05, 0) is 31.5 Å². The molecular weight excluding hydrogens is 351 g/mol. The van der Waals surface area contributed by atoms with Crippen LogP contribution < -0.4 is 10.6 Å². The summed E-state index contributed by atoms with van der Waals surface area (Å²) in [6.07, 6.45) is 1.16. The van der Waals surface area contributed by atoms with E-state index >= 15 is 0 Å². The number of benzene rings is 1. The van der Waals surface area contributed by atoms with Crippen molar-refractivity contribution in [2.75, 3.05) is 5.32 Å². The number of carbonyl (C=O) groups is 2. The molecule has 1 amide bonds. The maximum atomic E-state index is 12.1. The predicted molar refractivity (Wildman–Crippen MR) is 91.3 cm³/mol. The average Bonchev–Trinajstić information content (AvgIpc) is 2.41. The summed E-state index contributed by atoms with van der Waals surface area (Å²) in [5.74, 6) is -1.33. The fraction of sp³-hybridized carbons (Fsp3) is 0.429. The van der Waals surface area contributed by atoms with Gasteiger partial charge in [0.05, 0.1) is 16.8 Å². The molecule has 1 aromatic rings. The topological polar surface area (TPSA) is 78.4 Å². The number of carboxylic acid groups (broad SMARTS) is 1. The lowest BCUT2D eigenvalue weighted by atomic mass is 10.1. The molecule has 3 N–H and O–H groups in total. The van der Waals surface area contributed by atoms with Crippen LogP contribution in [0.25, 0.3) is 0 Å². The number of anilines is 1. The van der Waals surface area contributed by atoms with Gasteiger partial charge < -0.3 is 10.4 Å². The van der Waals surface area contributed by atoms with E-state index in [1.807, 2.05) is 6.92 Å². The molecule has 0 aliphatic heterocycles. The minimum atomic E-state index is -0.971. The van der Waals surface area contributed by atoms with Crippen molar-refractivity contribution in [1.29, 1.82) is 0 Å². The number of nitrogens with one attached hydrogen (secondary N) is 2. The minimum absolute atomic E-state index is 0. The normalized spacial score (nSPS) is 12.9. The summed E-state index contributed by atoms with van der Waals surface area (Å²) < 4.78 is 0. The van der Waals surface area contributed by atoms with Crippen molar-refractivity contribution < 1.29 is 14.7 Å². The largest absolute Gasteiger partial charge is 0.480 e. The highest BCUT2D eigenvalue weighted by Gasteiger charge is 2.22. The highest BCUT2D eigenvalue weighted by atomic mass is 35.5. The Bertz CT molecular complexity index is 526. The lowest BCUT2D eigenvalue weighted by Crippen LogP contribution is -2.47. The summed E-state index contributed by atoms with van der Waals surface area (Å²) in [5.41, 5.74) is 0.432. The Morgan fingerprint density at radius 3 is 2.45 bits per heavy atom. The standard InChI is InChI=1S/C14H18Cl2N2O3.ClH/c1-3-4-12(14(20)21)17-8(2)13(19)18-11-6-5-9(15)7-10(11)16;/h5-8,12,17H,3-4H2,1-2H3,(H,18,19)(H,20,21);1H. The zero-order valence-electron chi connectivity index (χ0n) is 12.2. The summed E-state index contributed by atoms with van der Waals surface area (Å²) in [5, 5.41) is 15.3. The van der Waals surface area contributed by atoms with Gasteiger partial charge in [-0.25, -0.2) is 0 Å². The Morgan fingerprint density at radius 1 is 1.32 bits per heavy atom. The van der Waals surface area contributed by atoms with Gasteiger partial charge in [0.2, 0.25) is 5.91 Å². The fourth-order valence-electron chi connectivity index (χ4n) is 1.78. The molecule has 22 heavy (non-hydrogen) atoms. The van der Waals surface area contributed by atoms with Crippen LogP contribution in [0.1, 0.15) is 26.7 Å². The molecule has 0 heterocycles. The van der Waals surface area contributed by atoms with E-state index in [1.54, 1.807) is 19.1 Å². The molecule has 0 aromatic heterocycles. The Morgan fingerprint density at radius 2 is 1.95 bits per heavy atom. The molecule has 0 saturated carbocycles. The van der Waals surface area contributed by atoms with E-state index in [0.717, 1.165) is 0 Å². The number of aliphatic carboxylic acids is 1. The van der Waals surface area contributed by atoms with Gasteiger partial charge in [-0.15, -0.1) is 12.4 Å². The van der Waals surface area contributed by atoms with Crippen molar-refractivity contribution in [2.24, 2.45) is 0 Å². The lowest BCUT2D eigenvalue weighted by Gasteiger charge is -2.19. The van der Waals surface area contributed by atoms with E-state index < -0.39 is 18.1 Å². The van der Waals surface area contributed by atoms with Crippen LogP contribution in [0, 0.1) is 0 Å². The molecule has 2 atom stereocenters. The summed E-state index contributed by atoms with van der Waals surface area (Å²) in [6.45, 7) is 3.49. The van der Waals surface area contributed by atoms with Crippen molar-refractivity contribution >= 4 is 53.2 Å². The highest BCUT2D eigenvalue weighted by Crippen LogP contribution is 2.25. The second kappa shape index (κ2) is 9.90. The molecule has 0 aliphatic rings. The highest BCUT2D eigenvalue weighted by molar-refractivity contribution is 6.36. The zero-order valence-corrected chi connectivity index (χ0v) is 14.6. The van der Waals surface area contributed by atoms with E-state index in [-0.39, 0.29) is 18.3 Å². The van der Waals surface area contributed by atoms with Crippen LogP contribution in [-0.4, -0.2) is 29.1 Å². The van der Waals surface area contributed by atoms with Gasteiger partial charge in [-0.1, -0.05) is 36.5 Å². The van der Waals surface area contributed by atoms with Crippen molar-refractivity contribution in [3.8, 4) is 0 Å². The van der Waals surface area contributed by atoms with Crippen molar-refractivity contribution in [2.45, 2.75) is 38.8 Å². The third-order valence-electron chi connectivity index (χ3n) is 2.91. The van der Waals surface area contributed by atoms with E-state index in [9.17, 15) is 9.59 Å². The van der Waals surface area contributed by atoms with Crippen molar-refractivity contribution in [1.82, 2.24) is 5.32 Å². The number of hydrogen-bond donors (Lipinski definition) is 3. The quantitative estimate of drug-likeness (QED) is 0.686. The van der Waals surface area contributed by atoms with Crippen LogP contribution in [0.5, 0.6) is 0 Å². The van der Waals surface area contributed by atoms with E-state index in [0.29, 0.717) is 28.6 Å². The summed E-state index contributed by atoms with van der Waals surface area (Å²) in [7, 11) is 0. The van der Waals surface area contributed by atoms with Gasteiger partial charge in [-0.3, -0.25) is 14.9 Å². The van der Waals surface area contributed by atoms with Crippen molar-refractivity contribution in [3.63, 3.8) is 0 Å². The first-order valence-corrected chi connectivity index (χ1v) is 7.35. The van der Waals surface area contributed by atoms with Crippen LogP contribution in [0.15, 0.2) is 18.2 Å². The number of rotatable bonds is 7. The lowest BCUT2D eigenvalue weighted by molar-refractivity contribution is -0.140. The van der Waals surface area contributed by atoms with Gasteiger partial charge in [0.25, 0.3) is 0 Å². The Kier molecular flexibility index (Phi) is 9.44. The van der Waals surface area contributed by atoms with Gasteiger partial charge >= 0.3 is 5.97 Å². The van der Waals surface area contributed by atoms with Crippen molar-refractivity contribution in [3.05, 3.63) is 28.2 Å². The monoisotopic (exact) mass is 368 g/mol. The molecule has 0 bridgehead atoms. The molecule has 124 valence electrons. The van der Waals surface area contributed by atoms with Gasteiger partial charge in [0, 0.05) is 5.02 Å². The molecule has 0 radical (unpaired) electrons. The molecule has 0 spiro atoms. The smallest absolute Gasteiger partial charge is 0.320 e. The van der Waals surface area contributed by atoms with Gasteiger partial charge in [-0.2, -0.15) is 0 Å². The fourth-order valence-corrected chi connectivity index (χ4v) is 2.23. The number of carbonyl (C=O) groups excluding carboxylic acids is 1. The maximum absolute atomic E-state index is 12.1. The molecule has 1 rings (SSSR count). The molecule has 0 fully saturated rings. The third kappa shape index (κ3) is 6.40. The molecule has 0 saturated heterocycles. The number of halogens is 3. The number of carboxylic acids is 1. The summed E-state index contributed by atoms with van der Waals surface area (Å²) in [6, 6.07) is 3.31. The van der Waals surface area contributed by atoms with Gasteiger partial charge in [0.1, 0.15) is 6.04 Å². The van der Waals surface area contributed by atoms with E-state index in [4.69, 9.17) is 28.3 Å². The first kappa shape index (κ1) is 21.0. The van der Waals surface area contributed by atoms with E-state index in [1.165, 1.54) is 6.07 Å². The third-order valence-corrected chi connectivity index (χ3v) is 3.46. The van der Waals surface area contributed by atoms with Gasteiger partial charge in [0.15, 0.2) is 0 Å². The van der Waals surface area contributed by atoms with E-state index in [2.05, 4.69) is 10.6 Å². The first-order chi connectivity index (χ1) is 9.85. The molecular formula is C14H19Cl3N2O3.